The van der Waals surface area contributed by atoms with E-state index in [9.17, 15) is 14.7 Å². The molecule has 0 radical (unpaired) electrons. The molecule has 0 aromatic heterocycles. The zero-order valence-corrected chi connectivity index (χ0v) is 14.2. The number of carbonyl (C=O) groups excluding carboxylic acids is 1. The maximum atomic E-state index is 12.2. The maximum absolute atomic E-state index is 12.2. The molecule has 1 amide bonds. The van der Waals surface area contributed by atoms with Gasteiger partial charge in [0.1, 0.15) is 11.9 Å². The van der Waals surface area contributed by atoms with Gasteiger partial charge in [0, 0.05) is 11.8 Å². The number of ether oxygens (including phenoxy) is 1. The second-order valence-corrected chi connectivity index (χ2v) is 5.65. The number of aromatic hydroxyl groups is 1. The third-order valence-corrected chi connectivity index (χ3v) is 3.63. The number of aliphatic carboxylic acids is 1. The predicted molar refractivity (Wildman–Crippen MR) is 98.0 cm³/mol. The van der Waals surface area contributed by atoms with Gasteiger partial charge in [-0.05, 0) is 49.1 Å². The molecule has 0 aliphatic rings. The Labute approximate surface area is 151 Å². The molecule has 6 heteroatoms. The number of phenols is 1. The average Bonchev–Trinajstić information content (AvgIpc) is 2.62. The molecule has 2 rings (SSSR count). The Bertz CT molecular complexity index is 741. The zero-order chi connectivity index (χ0) is 18.8. The first-order chi connectivity index (χ1) is 12.5. The number of amides is 1. The van der Waals surface area contributed by atoms with Crippen molar-refractivity contribution >= 4 is 17.7 Å². The summed E-state index contributed by atoms with van der Waals surface area (Å²) in [5.74, 6) is -0.857. The molecule has 0 heterocycles. The van der Waals surface area contributed by atoms with Crippen molar-refractivity contribution in [1.82, 2.24) is 0 Å². The minimum Gasteiger partial charge on any atom is -0.508 e. The van der Waals surface area contributed by atoms with Crippen molar-refractivity contribution in [2.45, 2.75) is 25.4 Å². The summed E-state index contributed by atoms with van der Waals surface area (Å²) in [5.41, 5.74) is 1.39. The molecule has 2 aromatic carbocycles. The van der Waals surface area contributed by atoms with Crippen molar-refractivity contribution < 1.29 is 24.5 Å². The van der Waals surface area contributed by atoms with Gasteiger partial charge in [0.2, 0.25) is 0 Å². The highest BCUT2D eigenvalue weighted by Gasteiger charge is 2.16. The first-order valence-electron chi connectivity index (χ1n) is 8.25. The van der Waals surface area contributed by atoms with E-state index >= 15 is 0 Å². The Morgan fingerprint density at radius 2 is 1.77 bits per heavy atom. The molecule has 0 spiro atoms. The number of hydrogen-bond acceptors (Lipinski definition) is 4. The summed E-state index contributed by atoms with van der Waals surface area (Å²) in [6, 6.07) is 15.4. The van der Waals surface area contributed by atoms with E-state index in [1.807, 2.05) is 18.2 Å². The first-order valence-corrected chi connectivity index (χ1v) is 8.25. The molecular formula is C20H21NO5. The van der Waals surface area contributed by atoms with Crippen LogP contribution in [-0.4, -0.2) is 22.3 Å². The SMILES string of the molecule is O=C(O)/C=C/CCC[C@@H](OC(=O)Nc1ccccc1)c1ccc(O)cc1. The lowest BCUT2D eigenvalue weighted by molar-refractivity contribution is -0.131. The van der Waals surface area contributed by atoms with Crippen molar-refractivity contribution in [2.75, 3.05) is 5.32 Å². The lowest BCUT2D eigenvalue weighted by atomic mass is 10.0. The van der Waals surface area contributed by atoms with Crippen molar-refractivity contribution in [2.24, 2.45) is 0 Å². The molecule has 3 N–H and O–H groups in total. The highest BCUT2D eigenvalue weighted by atomic mass is 16.6. The van der Waals surface area contributed by atoms with Gasteiger partial charge in [-0.3, -0.25) is 5.32 Å². The molecule has 0 unspecified atom stereocenters. The van der Waals surface area contributed by atoms with E-state index in [0.717, 1.165) is 11.6 Å². The fourth-order valence-electron chi connectivity index (χ4n) is 2.39. The number of rotatable bonds is 8. The molecule has 0 fully saturated rings. The molecule has 136 valence electrons. The van der Waals surface area contributed by atoms with E-state index in [2.05, 4.69) is 5.32 Å². The minimum absolute atomic E-state index is 0.130. The average molecular weight is 355 g/mol. The summed E-state index contributed by atoms with van der Waals surface area (Å²) in [6.07, 6.45) is 3.32. The number of carboxylic acids is 1. The van der Waals surface area contributed by atoms with E-state index < -0.39 is 18.2 Å². The van der Waals surface area contributed by atoms with Crippen LogP contribution >= 0.6 is 0 Å². The monoisotopic (exact) mass is 355 g/mol. The molecule has 26 heavy (non-hydrogen) atoms. The Hall–Kier alpha value is -3.28. The minimum atomic E-state index is -0.987. The highest BCUT2D eigenvalue weighted by Crippen LogP contribution is 2.26. The highest BCUT2D eigenvalue weighted by molar-refractivity contribution is 5.84. The number of carbonyl (C=O) groups is 2. The molecule has 6 nitrogen and oxygen atoms in total. The molecule has 1 atom stereocenters. The Morgan fingerprint density at radius 1 is 1.08 bits per heavy atom. The quantitative estimate of drug-likeness (QED) is 0.479. The Balaban J connectivity index is 1.98. The molecule has 0 saturated carbocycles. The summed E-state index contributed by atoms with van der Waals surface area (Å²) in [7, 11) is 0. The van der Waals surface area contributed by atoms with Gasteiger partial charge < -0.3 is 14.9 Å². The number of benzene rings is 2. The van der Waals surface area contributed by atoms with E-state index in [-0.39, 0.29) is 5.75 Å². The van der Waals surface area contributed by atoms with Crippen LogP contribution in [0.1, 0.15) is 30.9 Å². The number of allylic oxidation sites excluding steroid dienone is 1. The summed E-state index contributed by atoms with van der Waals surface area (Å²) in [4.78, 5) is 22.6. The molecule has 2 aromatic rings. The second-order valence-electron chi connectivity index (χ2n) is 5.65. The smallest absolute Gasteiger partial charge is 0.412 e. The fraction of sp³-hybridized carbons (Fsp3) is 0.200. The standard InChI is InChI=1S/C20H21NO5/c22-17-13-11-15(12-14-17)18(9-5-2-6-10-19(23)24)26-20(25)21-16-7-3-1-4-8-16/h1,3-4,6-8,10-14,18,22H,2,5,9H2,(H,21,25)(H,23,24)/b10-6+/t18-/m1/s1. The van der Waals surface area contributed by atoms with Crippen molar-refractivity contribution in [3.05, 3.63) is 72.3 Å². The number of carboxylic acid groups (broad SMARTS) is 1. The number of phenolic OH excluding ortho intramolecular Hbond substituents is 1. The van der Waals surface area contributed by atoms with Crippen LogP contribution < -0.4 is 5.32 Å². The second kappa shape index (κ2) is 9.88. The van der Waals surface area contributed by atoms with Gasteiger partial charge in [-0.25, -0.2) is 9.59 Å². The lowest BCUT2D eigenvalue weighted by Gasteiger charge is -2.18. The number of para-hydroxylation sites is 1. The van der Waals surface area contributed by atoms with E-state index in [1.54, 1.807) is 30.3 Å². The molecule has 0 bridgehead atoms. The zero-order valence-electron chi connectivity index (χ0n) is 14.2. The van der Waals surface area contributed by atoms with Crippen LogP contribution in [0.15, 0.2) is 66.7 Å². The number of anilines is 1. The van der Waals surface area contributed by atoms with Crippen molar-refractivity contribution in [3.63, 3.8) is 0 Å². The van der Waals surface area contributed by atoms with Gasteiger partial charge >= 0.3 is 12.1 Å². The lowest BCUT2D eigenvalue weighted by Crippen LogP contribution is -2.17. The Morgan fingerprint density at radius 3 is 2.42 bits per heavy atom. The third kappa shape index (κ3) is 6.68. The number of unbranched alkanes of at least 4 members (excludes halogenated alkanes) is 1. The summed E-state index contributed by atoms with van der Waals surface area (Å²) >= 11 is 0. The van der Waals surface area contributed by atoms with Crippen LogP contribution in [0.25, 0.3) is 0 Å². The molecule has 0 aliphatic carbocycles. The van der Waals surface area contributed by atoms with Gasteiger partial charge in [0.05, 0.1) is 0 Å². The summed E-state index contributed by atoms with van der Waals surface area (Å²) in [6.45, 7) is 0. The number of hydrogen-bond donors (Lipinski definition) is 3. The van der Waals surface area contributed by atoms with Gasteiger partial charge in [0.15, 0.2) is 0 Å². The fourth-order valence-corrected chi connectivity index (χ4v) is 2.39. The first kappa shape index (κ1) is 19.1. The van der Waals surface area contributed by atoms with Gasteiger partial charge in [0.25, 0.3) is 0 Å². The van der Waals surface area contributed by atoms with E-state index in [1.165, 1.54) is 12.1 Å². The van der Waals surface area contributed by atoms with Crippen LogP contribution in [0.5, 0.6) is 5.75 Å². The summed E-state index contributed by atoms with van der Waals surface area (Å²) < 4.78 is 5.54. The molecular weight excluding hydrogens is 334 g/mol. The van der Waals surface area contributed by atoms with Crippen molar-refractivity contribution in [1.29, 1.82) is 0 Å². The van der Waals surface area contributed by atoms with Crippen LogP contribution in [0.3, 0.4) is 0 Å². The largest absolute Gasteiger partial charge is 0.508 e. The van der Waals surface area contributed by atoms with Crippen LogP contribution in [0.4, 0.5) is 10.5 Å². The predicted octanol–water partition coefficient (Wildman–Crippen LogP) is 4.49. The van der Waals surface area contributed by atoms with Crippen LogP contribution in [0, 0.1) is 0 Å². The molecule has 0 aliphatic heterocycles. The normalized spacial score (nSPS) is 11.8. The maximum Gasteiger partial charge on any atom is 0.412 e. The topological polar surface area (TPSA) is 95.9 Å². The van der Waals surface area contributed by atoms with Crippen LogP contribution in [-0.2, 0) is 9.53 Å². The van der Waals surface area contributed by atoms with E-state index in [0.29, 0.717) is 24.9 Å². The van der Waals surface area contributed by atoms with Gasteiger partial charge in [-0.2, -0.15) is 0 Å². The molecule has 0 saturated heterocycles. The van der Waals surface area contributed by atoms with Gasteiger partial charge in [-0.1, -0.05) is 36.4 Å². The van der Waals surface area contributed by atoms with E-state index in [4.69, 9.17) is 9.84 Å². The van der Waals surface area contributed by atoms with Gasteiger partial charge in [-0.15, -0.1) is 0 Å². The number of nitrogens with one attached hydrogen (secondary N) is 1. The van der Waals surface area contributed by atoms with Crippen LogP contribution in [0.2, 0.25) is 0 Å². The van der Waals surface area contributed by atoms with Crippen molar-refractivity contribution in [3.8, 4) is 5.75 Å². The Kier molecular flexibility index (Phi) is 7.24. The summed E-state index contributed by atoms with van der Waals surface area (Å²) in [5, 5.41) is 20.7. The third-order valence-electron chi connectivity index (χ3n) is 3.63.